The third kappa shape index (κ3) is 6.37. The van der Waals surface area contributed by atoms with Crippen molar-refractivity contribution in [3.05, 3.63) is 82.0 Å². The summed E-state index contributed by atoms with van der Waals surface area (Å²) in [5.74, 6) is -2.30. The average molecular weight is 531 g/mol. The molecule has 0 aliphatic carbocycles. The summed E-state index contributed by atoms with van der Waals surface area (Å²) >= 11 is 6.27. The van der Waals surface area contributed by atoms with Crippen LogP contribution in [-0.4, -0.2) is 39.6 Å². The summed E-state index contributed by atoms with van der Waals surface area (Å²) in [7, 11) is 0. The van der Waals surface area contributed by atoms with Crippen molar-refractivity contribution in [2.24, 2.45) is 0 Å². The monoisotopic (exact) mass is 530 g/mol. The Morgan fingerprint density at radius 2 is 1.92 bits per heavy atom. The molecule has 3 aromatic rings. The second-order valence-corrected chi connectivity index (χ2v) is 8.62. The van der Waals surface area contributed by atoms with Crippen LogP contribution in [0.15, 0.2) is 54.7 Å². The first-order chi connectivity index (χ1) is 17.4. The highest BCUT2D eigenvalue weighted by molar-refractivity contribution is 6.31. The first-order valence-electron chi connectivity index (χ1n) is 11.0. The van der Waals surface area contributed by atoms with E-state index in [2.05, 4.69) is 23.2 Å². The second kappa shape index (κ2) is 11.3. The maximum atomic E-state index is 13.1. The van der Waals surface area contributed by atoms with E-state index in [1.165, 1.54) is 5.56 Å². The molecule has 4 rings (SSSR count). The fraction of sp³-hybridized carbons (Fsp3) is 0.231. The summed E-state index contributed by atoms with van der Waals surface area (Å²) < 4.78 is 31.7. The summed E-state index contributed by atoms with van der Waals surface area (Å²) in [5, 5.41) is 16.9. The smallest absolute Gasteiger partial charge is 0.475 e. The van der Waals surface area contributed by atoms with Gasteiger partial charge in [-0.1, -0.05) is 35.9 Å². The van der Waals surface area contributed by atoms with Crippen LogP contribution in [0.1, 0.15) is 35.2 Å². The summed E-state index contributed by atoms with van der Waals surface area (Å²) in [6, 6.07) is 17.2. The fourth-order valence-corrected chi connectivity index (χ4v) is 4.43. The standard InChI is InChI=1S/C24H21ClN4O.C2HF3O2/c1-15-18-5-3-6-19(16-8-10-28-23(27)12-16)20(18)9-11-29(15)24(30)13-21-17(14-26)4-2-7-22(21)25;3-2(4,5)1(6)7/h2-8,10,12,15H,9,11,13H2,1H3,(H2,27,28);(H,6,7)/t15-;/m0./s1. The van der Waals surface area contributed by atoms with Crippen molar-refractivity contribution in [3.63, 3.8) is 0 Å². The minimum Gasteiger partial charge on any atom is -0.475 e. The quantitative estimate of drug-likeness (QED) is 0.481. The van der Waals surface area contributed by atoms with Gasteiger partial charge in [-0.15, -0.1) is 0 Å². The molecule has 11 heteroatoms. The molecule has 1 atom stereocenters. The summed E-state index contributed by atoms with van der Waals surface area (Å²) in [4.78, 5) is 28.0. The van der Waals surface area contributed by atoms with Crippen LogP contribution in [0.3, 0.4) is 0 Å². The Morgan fingerprint density at radius 1 is 1.24 bits per heavy atom. The highest BCUT2D eigenvalue weighted by Gasteiger charge is 2.38. The van der Waals surface area contributed by atoms with E-state index in [0.29, 0.717) is 28.5 Å². The summed E-state index contributed by atoms with van der Waals surface area (Å²) in [5.41, 5.74) is 11.4. The van der Waals surface area contributed by atoms with E-state index >= 15 is 0 Å². The maximum absolute atomic E-state index is 13.1. The number of hydrogen-bond donors (Lipinski definition) is 2. The minimum absolute atomic E-state index is 0.0312. The number of nitriles is 1. The van der Waals surface area contributed by atoms with E-state index in [4.69, 9.17) is 27.2 Å². The number of hydrogen-bond acceptors (Lipinski definition) is 5. The molecule has 0 fully saturated rings. The summed E-state index contributed by atoms with van der Waals surface area (Å²) in [6.07, 6.45) is -2.51. The van der Waals surface area contributed by atoms with E-state index in [1.54, 1.807) is 24.4 Å². The van der Waals surface area contributed by atoms with Gasteiger partial charge in [0, 0.05) is 17.8 Å². The number of carbonyl (C=O) groups excluding carboxylic acids is 1. The highest BCUT2D eigenvalue weighted by atomic mass is 35.5. The van der Waals surface area contributed by atoms with Crippen LogP contribution in [0.5, 0.6) is 0 Å². The molecule has 37 heavy (non-hydrogen) atoms. The number of alkyl halides is 3. The van der Waals surface area contributed by atoms with E-state index in [0.717, 1.165) is 23.1 Å². The molecule has 192 valence electrons. The third-order valence-corrected chi connectivity index (χ3v) is 6.31. The van der Waals surface area contributed by atoms with Gasteiger partial charge in [-0.3, -0.25) is 4.79 Å². The third-order valence-electron chi connectivity index (χ3n) is 5.95. The Hall–Kier alpha value is -4.10. The lowest BCUT2D eigenvalue weighted by atomic mass is 9.87. The van der Waals surface area contributed by atoms with Crippen molar-refractivity contribution in [2.75, 3.05) is 12.3 Å². The lowest BCUT2D eigenvalue weighted by Crippen LogP contribution is -2.40. The van der Waals surface area contributed by atoms with Gasteiger partial charge in [0.1, 0.15) is 5.82 Å². The van der Waals surface area contributed by atoms with E-state index in [-0.39, 0.29) is 18.4 Å². The van der Waals surface area contributed by atoms with Gasteiger partial charge in [-0.25, -0.2) is 9.78 Å². The van der Waals surface area contributed by atoms with Gasteiger partial charge in [0.2, 0.25) is 5.91 Å². The van der Waals surface area contributed by atoms with Crippen molar-refractivity contribution >= 4 is 29.3 Å². The van der Waals surface area contributed by atoms with Crippen LogP contribution >= 0.6 is 11.6 Å². The molecular formula is C26H22ClF3N4O3. The van der Waals surface area contributed by atoms with Crippen molar-refractivity contribution in [2.45, 2.75) is 32.0 Å². The molecule has 2 aromatic carbocycles. The zero-order valence-corrected chi connectivity index (χ0v) is 20.3. The molecule has 0 unspecified atom stereocenters. The zero-order chi connectivity index (χ0) is 27.3. The second-order valence-electron chi connectivity index (χ2n) is 8.21. The molecule has 0 saturated carbocycles. The first-order valence-corrected chi connectivity index (χ1v) is 11.4. The lowest BCUT2D eigenvalue weighted by Gasteiger charge is -2.36. The Labute approximate surface area is 215 Å². The first kappa shape index (κ1) is 27.5. The van der Waals surface area contributed by atoms with Gasteiger partial charge in [0.15, 0.2) is 0 Å². The van der Waals surface area contributed by atoms with Crippen LogP contribution in [0.25, 0.3) is 11.1 Å². The molecule has 1 aliphatic heterocycles. The van der Waals surface area contributed by atoms with Gasteiger partial charge in [0.05, 0.1) is 24.1 Å². The van der Waals surface area contributed by atoms with Crippen molar-refractivity contribution in [3.8, 4) is 17.2 Å². The number of aromatic nitrogens is 1. The van der Waals surface area contributed by atoms with Crippen LogP contribution in [-0.2, 0) is 22.4 Å². The Bertz CT molecular complexity index is 1370. The molecule has 1 amide bonds. The number of carbonyl (C=O) groups is 2. The van der Waals surface area contributed by atoms with Crippen LogP contribution in [0.4, 0.5) is 19.0 Å². The number of anilines is 1. The highest BCUT2D eigenvalue weighted by Crippen LogP contribution is 2.36. The van der Waals surface area contributed by atoms with Crippen LogP contribution < -0.4 is 5.73 Å². The number of carboxylic acid groups (broad SMARTS) is 1. The number of halogens is 4. The van der Waals surface area contributed by atoms with Crippen molar-refractivity contribution in [1.82, 2.24) is 9.88 Å². The molecule has 7 nitrogen and oxygen atoms in total. The SMILES string of the molecule is C[C@H]1c2cccc(-c3ccnc(N)c3)c2CCN1C(=O)Cc1c(Cl)cccc1C#N.O=C(O)C(F)(F)F. The Kier molecular flexibility index (Phi) is 8.40. The molecule has 3 N–H and O–H groups in total. The molecule has 0 radical (unpaired) electrons. The number of nitrogens with two attached hydrogens (primary N) is 1. The van der Waals surface area contributed by atoms with Crippen LogP contribution in [0, 0.1) is 11.3 Å². The number of fused-ring (bicyclic) bond motifs is 1. The number of amides is 1. The molecule has 1 aromatic heterocycles. The van der Waals surface area contributed by atoms with Crippen LogP contribution in [0.2, 0.25) is 5.02 Å². The number of rotatable bonds is 3. The summed E-state index contributed by atoms with van der Waals surface area (Å²) in [6.45, 7) is 2.65. The number of nitrogen functional groups attached to an aromatic ring is 1. The normalized spacial score (nSPS) is 14.6. The topological polar surface area (TPSA) is 120 Å². The predicted octanol–water partition coefficient (Wildman–Crippen LogP) is 5.18. The number of aliphatic carboxylic acids is 1. The van der Waals surface area contributed by atoms with Gasteiger partial charge in [-0.05, 0) is 65.4 Å². The molecule has 1 aliphatic rings. The van der Waals surface area contributed by atoms with Gasteiger partial charge in [0.25, 0.3) is 0 Å². The molecular weight excluding hydrogens is 509 g/mol. The zero-order valence-electron chi connectivity index (χ0n) is 19.6. The van der Waals surface area contributed by atoms with Crippen molar-refractivity contribution in [1.29, 1.82) is 5.26 Å². The van der Waals surface area contributed by atoms with E-state index < -0.39 is 12.1 Å². The predicted molar refractivity (Wildman–Crippen MR) is 131 cm³/mol. The minimum atomic E-state index is -5.08. The van der Waals surface area contributed by atoms with E-state index in [9.17, 15) is 23.2 Å². The molecule has 2 heterocycles. The van der Waals surface area contributed by atoms with Gasteiger partial charge >= 0.3 is 12.1 Å². The van der Waals surface area contributed by atoms with Gasteiger partial charge < -0.3 is 15.7 Å². The number of pyridine rings is 1. The largest absolute Gasteiger partial charge is 0.490 e. The van der Waals surface area contributed by atoms with Crippen molar-refractivity contribution < 1.29 is 27.9 Å². The maximum Gasteiger partial charge on any atom is 0.490 e. The Morgan fingerprint density at radius 3 is 2.54 bits per heavy atom. The van der Waals surface area contributed by atoms with E-state index in [1.807, 2.05) is 30.0 Å². The average Bonchev–Trinajstić information content (AvgIpc) is 2.85. The number of nitrogens with zero attached hydrogens (tertiary/aromatic N) is 3. The Balaban J connectivity index is 0.000000479. The molecule has 0 bridgehead atoms. The number of benzene rings is 2. The fourth-order valence-electron chi connectivity index (χ4n) is 4.19. The molecule has 0 saturated heterocycles. The number of carboxylic acids is 1. The lowest BCUT2D eigenvalue weighted by molar-refractivity contribution is -0.192. The molecule has 0 spiro atoms. The van der Waals surface area contributed by atoms with Gasteiger partial charge in [-0.2, -0.15) is 18.4 Å².